The van der Waals surface area contributed by atoms with Gasteiger partial charge in [-0.2, -0.15) is 0 Å². The highest BCUT2D eigenvalue weighted by Crippen LogP contribution is 2.29. The Morgan fingerprint density at radius 3 is 3.09 bits per heavy atom. The molecule has 1 heterocycles. The standard InChI is InChI=1S/C7H10O2PS/c1-2-9-10(8)6-7-4-3-5-11-7/h3-5H,2,6H2,1H3/q+1. The lowest BCUT2D eigenvalue weighted by atomic mass is 10.5. The van der Waals surface area contributed by atoms with Gasteiger partial charge in [0.2, 0.25) is 6.16 Å². The zero-order valence-electron chi connectivity index (χ0n) is 6.32. The normalized spacial score (nSPS) is 11.5. The van der Waals surface area contributed by atoms with Crippen LogP contribution in [0.4, 0.5) is 0 Å². The highest BCUT2D eigenvalue weighted by atomic mass is 32.1. The van der Waals surface area contributed by atoms with Gasteiger partial charge in [-0.25, -0.2) is 0 Å². The molecule has 0 spiro atoms. The van der Waals surface area contributed by atoms with Crippen molar-refractivity contribution in [2.75, 3.05) is 6.61 Å². The molecule has 0 aliphatic carbocycles. The second kappa shape index (κ2) is 4.60. The van der Waals surface area contributed by atoms with Gasteiger partial charge < -0.3 is 0 Å². The van der Waals surface area contributed by atoms with Crippen molar-refractivity contribution in [3.63, 3.8) is 0 Å². The van der Waals surface area contributed by atoms with E-state index in [4.69, 9.17) is 4.52 Å². The molecule has 1 aromatic heterocycles. The van der Waals surface area contributed by atoms with Crippen molar-refractivity contribution in [2.45, 2.75) is 13.1 Å². The average molecular weight is 189 g/mol. The molecule has 0 radical (unpaired) electrons. The molecule has 0 N–H and O–H groups in total. The monoisotopic (exact) mass is 189 g/mol. The first-order chi connectivity index (χ1) is 5.33. The number of rotatable bonds is 4. The van der Waals surface area contributed by atoms with E-state index in [1.807, 2.05) is 24.4 Å². The first-order valence-corrected chi connectivity index (χ1v) is 5.67. The van der Waals surface area contributed by atoms with Crippen LogP contribution >= 0.6 is 19.4 Å². The summed E-state index contributed by atoms with van der Waals surface area (Å²) in [7, 11) is -1.47. The van der Waals surface area contributed by atoms with Crippen molar-refractivity contribution in [1.82, 2.24) is 0 Å². The Labute approximate surface area is 71.1 Å². The summed E-state index contributed by atoms with van der Waals surface area (Å²) in [6, 6.07) is 3.92. The van der Waals surface area contributed by atoms with Crippen LogP contribution in [0.25, 0.3) is 0 Å². The first kappa shape index (κ1) is 8.85. The van der Waals surface area contributed by atoms with Gasteiger partial charge in [0, 0.05) is 0 Å². The third-order valence-corrected chi connectivity index (χ3v) is 3.37. The van der Waals surface area contributed by atoms with Crippen molar-refractivity contribution in [2.24, 2.45) is 0 Å². The highest BCUT2D eigenvalue weighted by molar-refractivity contribution is 7.38. The molecule has 60 valence electrons. The summed E-state index contributed by atoms with van der Waals surface area (Å²) in [5, 5.41) is 1.98. The van der Waals surface area contributed by atoms with Gasteiger partial charge >= 0.3 is 8.03 Å². The molecule has 1 aromatic rings. The summed E-state index contributed by atoms with van der Waals surface area (Å²) in [5.74, 6) is 0. The second-order valence-electron chi connectivity index (χ2n) is 1.99. The van der Waals surface area contributed by atoms with Gasteiger partial charge in [-0.3, -0.25) is 0 Å². The van der Waals surface area contributed by atoms with Crippen LogP contribution in [0, 0.1) is 0 Å². The molecule has 1 rings (SSSR count). The van der Waals surface area contributed by atoms with E-state index in [1.165, 1.54) is 0 Å². The Morgan fingerprint density at radius 2 is 2.55 bits per heavy atom. The molecule has 0 bridgehead atoms. The van der Waals surface area contributed by atoms with Crippen LogP contribution < -0.4 is 0 Å². The largest absolute Gasteiger partial charge is 0.513 e. The van der Waals surface area contributed by atoms with E-state index in [0.717, 1.165) is 4.88 Å². The van der Waals surface area contributed by atoms with Gasteiger partial charge in [0.05, 0.1) is 11.5 Å². The van der Waals surface area contributed by atoms with Gasteiger partial charge in [-0.1, -0.05) is 6.07 Å². The quantitative estimate of drug-likeness (QED) is 0.680. The fourth-order valence-electron chi connectivity index (χ4n) is 0.719. The SMILES string of the molecule is CCO[P+](=O)Cc1cccs1. The fourth-order valence-corrected chi connectivity index (χ4v) is 2.56. The molecule has 1 unspecified atom stereocenters. The minimum atomic E-state index is -1.47. The number of hydrogen-bond donors (Lipinski definition) is 0. The minimum Gasteiger partial charge on any atom is -0.146 e. The Kier molecular flexibility index (Phi) is 3.70. The fraction of sp³-hybridized carbons (Fsp3) is 0.429. The Balaban J connectivity index is 2.37. The highest BCUT2D eigenvalue weighted by Gasteiger charge is 2.17. The van der Waals surface area contributed by atoms with Gasteiger partial charge in [-0.05, 0) is 22.9 Å². The maximum absolute atomic E-state index is 11.0. The summed E-state index contributed by atoms with van der Waals surface area (Å²) in [5.41, 5.74) is 0. The zero-order chi connectivity index (χ0) is 8.10. The summed E-state index contributed by atoms with van der Waals surface area (Å²) < 4.78 is 16.0. The molecule has 1 atom stereocenters. The topological polar surface area (TPSA) is 26.3 Å². The van der Waals surface area contributed by atoms with E-state index in [-0.39, 0.29) is 0 Å². The lowest BCUT2D eigenvalue weighted by molar-refractivity contribution is 0.350. The van der Waals surface area contributed by atoms with E-state index >= 15 is 0 Å². The summed E-state index contributed by atoms with van der Waals surface area (Å²) in [6.07, 6.45) is 0.556. The molecule has 0 amide bonds. The van der Waals surface area contributed by atoms with Gasteiger partial charge in [0.25, 0.3) is 0 Å². The predicted octanol–water partition coefficient (Wildman–Crippen LogP) is 3.03. The Morgan fingerprint density at radius 1 is 1.73 bits per heavy atom. The lowest BCUT2D eigenvalue weighted by Crippen LogP contribution is -1.79. The molecule has 0 saturated carbocycles. The van der Waals surface area contributed by atoms with Gasteiger partial charge in [0.1, 0.15) is 0 Å². The van der Waals surface area contributed by atoms with Crippen LogP contribution in [0.1, 0.15) is 11.8 Å². The van der Waals surface area contributed by atoms with E-state index < -0.39 is 8.03 Å². The van der Waals surface area contributed by atoms with Gasteiger partial charge in [0.15, 0.2) is 0 Å². The van der Waals surface area contributed by atoms with Crippen LogP contribution in [0.3, 0.4) is 0 Å². The summed E-state index contributed by atoms with van der Waals surface area (Å²) in [6.45, 7) is 2.38. The molecule has 4 heteroatoms. The molecule has 0 aliphatic heterocycles. The van der Waals surface area contributed by atoms with Crippen molar-refractivity contribution >= 4 is 19.4 Å². The van der Waals surface area contributed by atoms with Crippen LogP contribution in [0.15, 0.2) is 17.5 Å². The molecular weight excluding hydrogens is 179 g/mol. The van der Waals surface area contributed by atoms with Crippen molar-refractivity contribution in [3.8, 4) is 0 Å². The number of thiophene rings is 1. The van der Waals surface area contributed by atoms with E-state index in [2.05, 4.69) is 0 Å². The Bertz CT molecular complexity index is 220. The van der Waals surface area contributed by atoms with Crippen LogP contribution in [0.5, 0.6) is 0 Å². The van der Waals surface area contributed by atoms with E-state index in [9.17, 15) is 4.57 Å². The smallest absolute Gasteiger partial charge is 0.146 e. The van der Waals surface area contributed by atoms with Crippen LogP contribution in [-0.2, 0) is 15.3 Å². The molecule has 0 fully saturated rings. The maximum Gasteiger partial charge on any atom is 0.513 e. The minimum absolute atomic E-state index is 0.528. The third-order valence-electron chi connectivity index (χ3n) is 1.14. The van der Waals surface area contributed by atoms with Crippen LogP contribution in [-0.4, -0.2) is 6.61 Å². The van der Waals surface area contributed by atoms with Crippen molar-refractivity contribution in [1.29, 1.82) is 0 Å². The van der Waals surface area contributed by atoms with Crippen molar-refractivity contribution < 1.29 is 9.09 Å². The zero-order valence-corrected chi connectivity index (χ0v) is 8.03. The summed E-state index contributed by atoms with van der Waals surface area (Å²) >= 11 is 1.61. The molecule has 2 nitrogen and oxygen atoms in total. The van der Waals surface area contributed by atoms with E-state index in [1.54, 1.807) is 11.3 Å². The second-order valence-corrected chi connectivity index (χ2v) is 4.26. The predicted molar refractivity (Wildman–Crippen MR) is 47.3 cm³/mol. The van der Waals surface area contributed by atoms with Gasteiger partial charge in [-0.15, -0.1) is 15.9 Å². The molecule has 0 aromatic carbocycles. The average Bonchev–Trinajstić information content (AvgIpc) is 2.40. The van der Waals surface area contributed by atoms with Crippen molar-refractivity contribution in [3.05, 3.63) is 22.4 Å². The van der Waals surface area contributed by atoms with Crippen LogP contribution in [0.2, 0.25) is 0 Å². The third kappa shape index (κ3) is 3.10. The first-order valence-electron chi connectivity index (χ1n) is 3.43. The maximum atomic E-state index is 11.0. The molecule has 11 heavy (non-hydrogen) atoms. The number of hydrogen-bond acceptors (Lipinski definition) is 3. The molecular formula is C7H10O2PS+. The lowest BCUT2D eigenvalue weighted by Gasteiger charge is -1.82. The van der Waals surface area contributed by atoms with E-state index in [0.29, 0.717) is 12.8 Å². The Hall–Kier alpha value is -0.240. The molecule has 0 saturated heterocycles. The summed E-state index contributed by atoms with van der Waals surface area (Å²) in [4.78, 5) is 1.12. The molecule has 0 aliphatic rings.